The molecule has 1 aliphatic heterocycles. The van der Waals surface area contributed by atoms with E-state index in [0.29, 0.717) is 0 Å². The molecule has 0 bridgehead atoms. The van der Waals surface area contributed by atoms with Crippen LogP contribution in [0.15, 0.2) is 29.4 Å². The maximum Gasteiger partial charge on any atom is 0.0619 e. The molecule has 0 N–H and O–H groups in total. The van der Waals surface area contributed by atoms with Crippen molar-refractivity contribution in [3.05, 3.63) is 35.4 Å². The van der Waals surface area contributed by atoms with E-state index in [1.165, 1.54) is 11.1 Å². The van der Waals surface area contributed by atoms with Crippen LogP contribution < -0.4 is 0 Å². The molecule has 14 heavy (non-hydrogen) atoms. The Kier molecular flexibility index (Phi) is 2.06. The van der Waals surface area contributed by atoms with Crippen LogP contribution in [0.4, 0.5) is 0 Å². The van der Waals surface area contributed by atoms with E-state index >= 15 is 0 Å². The Morgan fingerprint density at radius 3 is 2.57 bits per heavy atom. The first-order valence-electron chi connectivity index (χ1n) is 4.94. The number of rotatable bonds is 1. The fourth-order valence-corrected chi connectivity index (χ4v) is 2.06. The van der Waals surface area contributed by atoms with E-state index in [-0.39, 0.29) is 5.54 Å². The zero-order chi connectivity index (χ0) is 10.2. The van der Waals surface area contributed by atoms with Crippen molar-refractivity contribution in [2.24, 2.45) is 5.10 Å². The van der Waals surface area contributed by atoms with Crippen LogP contribution in [-0.2, 0) is 13.0 Å². The molecule has 74 valence electrons. The van der Waals surface area contributed by atoms with E-state index in [1.54, 1.807) is 0 Å². The molecule has 1 aromatic carbocycles. The van der Waals surface area contributed by atoms with Crippen LogP contribution in [0, 0.1) is 0 Å². The van der Waals surface area contributed by atoms with Gasteiger partial charge in [0.1, 0.15) is 0 Å². The first kappa shape index (κ1) is 9.25. The van der Waals surface area contributed by atoms with E-state index in [2.05, 4.69) is 54.9 Å². The second-order valence-corrected chi connectivity index (χ2v) is 4.46. The maximum absolute atomic E-state index is 4.08. The third kappa shape index (κ3) is 1.41. The highest BCUT2D eigenvalue weighted by Gasteiger charge is 2.31. The molecule has 0 unspecified atom stereocenters. The molecule has 2 nitrogen and oxygen atoms in total. The average Bonchev–Trinajstić information content (AvgIpc) is 2.15. The number of nitrogens with zero attached hydrogens (tertiary/aromatic N) is 2. The van der Waals surface area contributed by atoms with Crippen molar-refractivity contribution in [2.75, 3.05) is 0 Å². The molecule has 0 radical (unpaired) electrons. The molecule has 2 heteroatoms. The van der Waals surface area contributed by atoms with Gasteiger partial charge in [-0.1, -0.05) is 24.3 Å². The summed E-state index contributed by atoms with van der Waals surface area (Å²) < 4.78 is 0. The van der Waals surface area contributed by atoms with Crippen LogP contribution in [0.1, 0.15) is 25.0 Å². The lowest BCUT2D eigenvalue weighted by atomic mass is 9.87. The predicted octanol–water partition coefficient (Wildman–Crippen LogP) is 2.44. The van der Waals surface area contributed by atoms with Gasteiger partial charge in [0.25, 0.3) is 0 Å². The van der Waals surface area contributed by atoms with E-state index < -0.39 is 0 Å². The zero-order valence-corrected chi connectivity index (χ0v) is 8.83. The standard InChI is InChI=1S/C12H16N2/c1-12(2)8-10-6-4-5-7-11(10)9-14(12)13-3/h4-7H,3,8-9H2,1-2H3. The van der Waals surface area contributed by atoms with Crippen molar-refractivity contribution in [3.8, 4) is 0 Å². The summed E-state index contributed by atoms with van der Waals surface area (Å²) in [6.45, 7) is 8.92. The molecule has 0 saturated carbocycles. The molecule has 1 aromatic rings. The molecule has 1 heterocycles. The summed E-state index contributed by atoms with van der Waals surface area (Å²) in [6.07, 6.45) is 1.04. The molecule has 0 atom stereocenters. The van der Waals surface area contributed by atoms with Gasteiger partial charge in [-0.25, -0.2) is 0 Å². The van der Waals surface area contributed by atoms with E-state index in [0.717, 1.165) is 13.0 Å². The molecule has 0 saturated heterocycles. The van der Waals surface area contributed by atoms with Crippen molar-refractivity contribution < 1.29 is 0 Å². The van der Waals surface area contributed by atoms with Crippen LogP contribution in [0.5, 0.6) is 0 Å². The first-order chi connectivity index (χ1) is 6.63. The molecular formula is C12H16N2. The fourth-order valence-electron chi connectivity index (χ4n) is 2.06. The molecule has 0 amide bonds. The van der Waals surface area contributed by atoms with Crippen LogP contribution in [0.2, 0.25) is 0 Å². The summed E-state index contributed by atoms with van der Waals surface area (Å²) in [4.78, 5) is 0. The first-order valence-corrected chi connectivity index (χ1v) is 4.94. The Morgan fingerprint density at radius 2 is 1.93 bits per heavy atom. The number of benzene rings is 1. The Hall–Kier alpha value is -1.31. The van der Waals surface area contributed by atoms with Gasteiger partial charge in [-0.05, 0) is 31.4 Å². The Bertz CT molecular complexity index is 355. The van der Waals surface area contributed by atoms with Crippen molar-refractivity contribution in [3.63, 3.8) is 0 Å². The summed E-state index contributed by atoms with van der Waals surface area (Å²) in [5.74, 6) is 0. The third-order valence-electron chi connectivity index (χ3n) is 2.93. The normalized spacial score (nSPS) is 18.9. The van der Waals surface area contributed by atoms with E-state index in [1.807, 2.05) is 0 Å². The highest BCUT2D eigenvalue weighted by Crippen LogP contribution is 2.30. The van der Waals surface area contributed by atoms with Crippen molar-refractivity contribution >= 4 is 6.72 Å². The van der Waals surface area contributed by atoms with Gasteiger partial charge in [0.15, 0.2) is 0 Å². The largest absolute Gasteiger partial charge is 0.287 e. The third-order valence-corrected chi connectivity index (χ3v) is 2.93. The molecule has 2 rings (SSSR count). The lowest BCUT2D eigenvalue weighted by Crippen LogP contribution is -2.45. The number of fused-ring (bicyclic) bond motifs is 1. The molecule has 0 spiro atoms. The molecule has 1 aliphatic rings. The van der Waals surface area contributed by atoms with Gasteiger partial charge in [0.05, 0.1) is 12.1 Å². The zero-order valence-electron chi connectivity index (χ0n) is 8.83. The van der Waals surface area contributed by atoms with Crippen LogP contribution in [0.3, 0.4) is 0 Å². The minimum Gasteiger partial charge on any atom is -0.287 e. The summed E-state index contributed by atoms with van der Waals surface area (Å²) in [7, 11) is 0. The highest BCUT2D eigenvalue weighted by atomic mass is 15.5. The monoisotopic (exact) mass is 188 g/mol. The second-order valence-electron chi connectivity index (χ2n) is 4.46. The smallest absolute Gasteiger partial charge is 0.0619 e. The molecular weight excluding hydrogens is 172 g/mol. The topological polar surface area (TPSA) is 15.6 Å². The van der Waals surface area contributed by atoms with Crippen LogP contribution in [-0.4, -0.2) is 17.3 Å². The van der Waals surface area contributed by atoms with Gasteiger partial charge < -0.3 is 0 Å². The summed E-state index contributed by atoms with van der Waals surface area (Å²) in [5, 5.41) is 6.15. The van der Waals surface area contributed by atoms with Gasteiger partial charge in [0.2, 0.25) is 0 Å². The van der Waals surface area contributed by atoms with Gasteiger partial charge in [-0.3, -0.25) is 5.01 Å². The Morgan fingerprint density at radius 1 is 1.29 bits per heavy atom. The van der Waals surface area contributed by atoms with E-state index in [9.17, 15) is 0 Å². The van der Waals surface area contributed by atoms with Gasteiger partial charge in [-0.15, -0.1) is 0 Å². The van der Waals surface area contributed by atoms with E-state index in [4.69, 9.17) is 0 Å². The van der Waals surface area contributed by atoms with Crippen molar-refractivity contribution in [1.29, 1.82) is 0 Å². The van der Waals surface area contributed by atoms with Gasteiger partial charge in [0, 0.05) is 6.72 Å². The number of hydrogen-bond donors (Lipinski definition) is 0. The quantitative estimate of drug-likeness (QED) is 0.618. The van der Waals surface area contributed by atoms with Gasteiger partial charge >= 0.3 is 0 Å². The molecule has 0 aliphatic carbocycles. The summed E-state index contributed by atoms with van der Waals surface area (Å²) in [5.41, 5.74) is 2.91. The van der Waals surface area contributed by atoms with Crippen LogP contribution >= 0.6 is 0 Å². The fraction of sp³-hybridized carbons (Fsp3) is 0.417. The van der Waals surface area contributed by atoms with Gasteiger partial charge in [-0.2, -0.15) is 5.10 Å². The van der Waals surface area contributed by atoms with Crippen molar-refractivity contribution in [1.82, 2.24) is 5.01 Å². The Balaban J connectivity index is 2.39. The number of hydrazone groups is 1. The lowest BCUT2D eigenvalue weighted by molar-refractivity contribution is 0.104. The Labute approximate surface area is 85.2 Å². The minimum atomic E-state index is 0.0934. The predicted molar refractivity (Wildman–Crippen MR) is 59.3 cm³/mol. The highest BCUT2D eigenvalue weighted by molar-refractivity contribution is 5.32. The summed E-state index contributed by atoms with van der Waals surface area (Å²) in [6, 6.07) is 8.56. The number of hydrogen-bond acceptors (Lipinski definition) is 2. The molecule has 0 aromatic heterocycles. The summed E-state index contributed by atoms with van der Waals surface area (Å²) >= 11 is 0. The SMILES string of the molecule is C=NN1Cc2ccccc2CC1(C)C. The molecule has 0 fully saturated rings. The average molecular weight is 188 g/mol. The minimum absolute atomic E-state index is 0.0934. The maximum atomic E-state index is 4.08. The second kappa shape index (κ2) is 3.12. The lowest BCUT2D eigenvalue weighted by Gasteiger charge is -2.41. The van der Waals surface area contributed by atoms with Crippen LogP contribution in [0.25, 0.3) is 0 Å². The van der Waals surface area contributed by atoms with Crippen molar-refractivity contribution in [2.45, 2.75) is 32.4 Å².